The normalized spacial score (nSPS) is 11.0. The van der Waals surface area contributed by atoms with Crippen LogP contribution in [0.25, 0.3) is 0 Å². The highest BCUT2D eigenvalue weighted by atomic mass is 19.4. The summed E-state index contributed by atoms with van der Waals surface area (Å²) < 4.78 is 46.9. The van der Waals surface area contributed by atoms with Crippen LogP contribution in [0.2, 0.25) is 0 Å². The number of ether oxygens (including phenoxy) is 2. The number of nitrogens with zero attached hydrogens (tertiary/aromatic N) is 2. The van der Waals surface area contributed by atoms with Crippen LogP contribution in [0.15, 0.2) is 30.5 Å². The second-order valence-electron chi connectivity index (χ2n) is 6.36. The van der Waals surface area contributed by atoms with Crippen molar-refractivity contribution < 1.29 is 32.2 Å². The van der Waals surface area contributed by atoms with E-state index in [1.807, 2.05) is 6.92 Å². The summed E-state index contributed by atoms with van der Waals surface area (Å²) in [7, 11) is 0. The maximum absolute atomic E-state index is 12.5. The first-order chi connectivity index (χ1) is 14.7. The molecule has 168 valence electrons. The van der Waals surface area contributed by atoms with Crippen molar-refractivity contribution in [3.05, 3.63) is 41.6 Å². The van der Waals surface area contributed by atoms with Crippen LogP contribution in [-0.4, -0.2) is 41.2 Å². The first-order valence-corrected chi connectivity index (χ1v) is 9.58. The first-order valence-electron chi connectivity index (χ1n) is 9.58. The molecule has 0 atom stereocenters. The van der Waals surface area contributed by atoms with Gasteiger partial charge in [-0.1, -0.05) is 6.92 Å². The summed E-state index contributed by atoms with van der Waals surface area (Å²) in [5.74, 6) is -0.558. The van der Waals surface area contributed by atoms with Gasteiger partial charge in [-0.05, 0) is 31.5 Å². The molecule has 0 aliphatic rings. The molecule has 31 heavy (non-hydrogen) atoms. The lowest BCUT2D eigenvalue weighted by molar-refractivity contribution is -0.154. The molecule has 0 aromatic carbocycles. The van der Waals surface area contributed by atoms with E-state index in [9.17, 15) is 22.8 Å². The first kappa shape index (κ1) is 23.9. The van der Waals surface area contributed by atoms with Crippen LogP contribution in [0.5, 0.6) is 11.8 Å². The van der Waals surface area contributed by atoms with Gasteiger partial charge in [0.05, 0.1) is 6.61 Å². The molecule has 2 N–H and O–H groups in total. The van der Waals surface area contributed by atoms with Crippen molar-refractivity contribution in [2.24, 2.45) is 0 Å². The molecule has 0 fully saturated rings. The summed E-state index contributed by atoms with van der Waals surface area (Å²) in [5, 5.41) is 5.29. The highest BCUT2D eigenvalue weighted by Gasteiger charge is 2.28. The van der Waals surface area contributed by atoms with Gasteiger partial charge in [-0.2, -0.15) is 18.2 Å². The van der Waals surface area contributed by atoms with Gasteiger partial charge in [0.2, 0.25) is 17.7 Å². The number of aromatic nitrogens is 2. The van der Waals surface area contributed by atoms with Gasteiger partial charge in [0.15, 0.2) is 6.61 Å². The van der Waals surface area contributed by atoms with Gasteiger partial charge in [0.25, 0.3) is 5.91 Å². The Kier molecular flexibility index (Phi) is 8.59. The van der Waals surface area contributed by atoms with Gasteiger partial charge < -0.3 is 20.1 Å². The van der Waals surface area contributed by atoms with Crippen LogP contribution in [0.1, 0.15) is 42.6 Å². The number of carbonyl (C=O) groups is 2. The molecule has 0 unspecified atom stereocenters. The average molecular weight is 440 g/mol. The zero-order valence-corrected chi connectivity index (χ0v) is 17.1. The largest absolute Gasteiger partial charge is 0.478 e. The van der Waals surface area contributed by atoms with E-state index in [1.165, 1.54) is 30.5 Å². The van der Waals surface area contributed by atoms with Crippen LogP contribution < -0.4 is 20.1 Å². The monoisotopic (exact) mass is 440 g/mol. The van der Waals surface area contributed by atoms with Crippen molar-refractivity contribution in [1.82, 2.24) is 15.3 Å². The summed E-state index contributed by atoms with van der Waals surface area (Å²) in [6.45, 7) is 2.33. The number of rotatable bonds is 10. The van der Waals surface area contributed by atoms with Gasteiger partial charge in [0, 0.05) is 36.4 Å². The molecule has 2 heterocycles. The van der Waals surface area contributed by atoms with E-state index in [0.717, 1.165) is 0 Å². The van der Waals surface area contributed by atoms with Crippen LogP contribution in [0.3, 0.4) is 0 Å². The second-order valence-corrected chi connectivity index (χ2v) is 6.36. The lowest BCUT2D eigenvalue weighted by Gasteiger charge is -2.13. The molecule has 2 amide bonds. The van der Waals surface area contributed by atoms with Crippen LogP contribution >= 0.6 is 0 Å². The van der Waals surface area contributed by atoms with Crippen molar-refractivity contribution in [1.29, 1.82) is 0 Å². The summed E-state index contributed by atoms with van der Waals surface area (Å²) in [4.78, 5) is 32.1. The number of amides is 2. The van der Waals surface area contributed by atoms with Crippen molar-refractivity contribution in [3.63, 3.8) is 0 Å². The fraction of sp³-hybridized carbons (Fsp3) is 0.400. The van der Waals surface area contributed by atoms with E-state index < -0.39 is 18.7 Å². The second kappa shape index (κ2) is 11.1. The topological polar surface area (TPSA) is 102 Å². The van der Waals surface area contributed by atoms with E-state index in [1.54, 1.807) is 6.92 Å². The molecule has 2 rings (SSSR count). The zero-order valence-electron chi connectivity index (χ0n) is 17.1. The van der Waals surface area contributed by atoms with Gasteiger partial charge in [-0.15, -0.1) is 0 Å². The Hall–Kier alpha value is -3.37. The van der Waals surface area contributed by atoms with E-state index in [2.05, 4.69) is 25.3 Å². The van der Waals surface area contributed by atoms with Crippen molar-refractivity contribution >= 4 is 17.6 Å². The third-order valence-corrected chi connectivity index (χ3v) is 3.78. The Morgan fingerprint density at radius 3 is 2.58 bits per heavy atom. The number of hydrogen-bond acceptors (Lipinski definition) is 6. The highest BCUT2D eigenvalue weighted by molar-refractivity contribution is 5.96. The Morgan fingerprint density at radius 1 is 1.13 bits per heavy atom. The number of hydrogen-bond donors (Lipinski definition) is 2. The van der Waals surface area contributed by atoms with E-state index in [0.29, 0.717) is 18.4 Å². The Labute approximate surface area is 177 Å². The van der Waals surface area contributed by atoms with Crippen LogP contribution in [0.4, 0.5) is 19.0 Å². The number of carbonyl (C=O) groups excluding carboxylic acids is 2. The Morgan fingerprint density at radius 2 is 1.90 bits per heavy atom. The molecule has 11 heteroatoms. The molecule has 2 aromatic rings. The lowest BCUT2D eigenvalue weighted by atomic mass is 10.2. The van der Waals surface area contributed by atoms with Crippen molar-refractivity contribution in [2.75, 3.05) is 18.5 Å². The maximum atomic E-state index is 12.5. The number of nitrogens with one attached hydrogen (secondary N) is 2. The Bertz CT molecular complexity index is 906. The molecular formula is C20H23F3N4O4. The fourth-order valence-electron chi connectivity index (χ4n) is 2.43. The Balaban J connectivity index is 2.04. The molecule has 0 spiro atoms. The maximum Gasteiger partial charge on any atom is 0.422 e. The molecule has 0 radical (unpaired) electrons. The van der Waals surface area contributed by atoms with E-state index in [-0.39, 0.29) is 42.2 Å². The van der Waals surface area contributed by atoms with Crippen LogP contribution in [0, 0.1) is 0 Å². The van der Waals surface area contributed by atoms with Gasteiger partial charge in [-0.25, -0.2) is 4.98 Å². The van der Waals surface area contributed by atoms with Gasteiger partial charge in [0.1, 0.15) is 5.82 Å². The van der Waals surface area contributed by atoms with Crippen LogP contribution in [-0.2, 0) is 11.3 Å². The number of alkyl halides is 3. The van der Waals surface area contributed by atoms with Gasteiger partial charge in [-0.3, -0.25) is 9.59 Å². The standard InChI is InChI=1S/C20H23F3N4O4/c1-3-5-16(28)26-15-10-13(8-9-24-15)18(29)25-11-14-6-7-17(27-19(14)30-4-2)31-12-20(21,22)23/h6-10H,3-5,11-12H2,1-2H3,(H,25,29)(H,24,26,28). The van der Waals surface area contributed by atoms with Crippen molar-refractivity contribution in [3.8, 4) is 11.8 Å². The molecule has 2 aromatic heterocycles. The predicted molar refractivity (Wildman–Crippen MR) is 106 cm³/mol. The van der Waals surface area contributed by atoms with Gasteiger partial charge >= 0.3 is 6.18 Å². The number of pyridine rings is 2. The summed E-state index contributed by atoms with van der Waals surface area (Å²) in [6, 6.07) is 5.66. The SMILES string of the molecule is CCCC(=O)Nc1cc(C(=O)NCc2ccc(OCC(F)(F)F)nc2OCC)ccn1. The molecular weight excluding hydrogens is 417 g/mol. The average Bonchev–Trinajstić information content (AvgIpc) is 2.71. The minimum Gasteiger partial charge on any atom is -0.478 e. The third kappa shape index (κ3) is 8.11. The summed E-state index contributed by atoms with van der Waals surface area (Å²) in [6.07, 6.45) is -2.06. The molecule has 0 aliphatic heterocycles. The summed E-state index contributed by atoms with van der Waals surface area (Å²) >= 11 is 0. The lowest BCUT2D eigenvalue weighted by Crippen LogP contribution is -2.24. The smallest absolute Gasteiger partial charge is 0.422 e. The quantitative estimate of drug-likeness (QED) is 0.587. The highest BCUT2D eigenvalue weighted by Crippen LogP contribution is 2.23. The predicted octanol–water partition coefficient (Wildman–Crippen LogP) is 3.49. The number of halogens is 3. The molecule has 0 aliphatic carbocycles. The molecule has 8 nitrogen and oxygen atoms in total. The number of anilines is 1. The van der Waals surface area contributed by atoms with E-state index >= 15 is 0 Å². The summed E-state index contributed by atoms with van der Waals surface area (Å²) in [5.41, 5.74) is 0.734. The van der Waals surface area contributed by atoms with Crippen molar-refractivity contribution in [2.45, 2.75) is 39.4 Å². The fourth-order valence-corrected chi connectivity index (χ4v) is 2.43. The zero-order chi connectivity index (χ0) is 22.9. The minimum absolute atomic E-state index is 0.0145. The molecule has 0 saturated carbocycles. The third-order valence-electron chi connectivity index (χ3n) is 3.78. The molecule has 0 saturated heterocycles. The molecule has 0 bridgehead atoms. The van der Waals surface area contributed by atoms with E-state index in [4.69, 9.17) is 4.74 Å². The minimum atomic E-state index is -4.49.